The van der Waals surface area contributed by atoms with Crippen LogP contribution in [0.15, 0.2) is 91.1 Å². The van der Waals surface area contributed by atoms with E-state index in [4.69, 9.17) is 33.4 Å². The molecule has 0 radical (unpaired) electrons. The number of carbonyl (C=O) groups is 17. The van der Waals surface area contributed by atoms with E-state index in [0.717, 1.165) is 51.8 Å². The Bertz CT molecular complexity index is 4850. The molecule has 1 fully saturated rings. The Labute approximate surface area is 772 Å². The number of nitrogens with one attached hydrogen (secondary N) is 12. The maximum atomic E-state index is 16.5. The van der Waals surface area contributed by atoms with Crippen LogP contribution in [0.5, 0.6) is 5.75 Å². The molecule has 0 unspecified atom stereocenters. The zero-order valence-corrected chi connectivity index (χ0v) is 78.8. The number of rotatable bonds is 48. The van der Waals surface area contributed by atoms with Crippen LogP contribution in [0.25, 0.3) is 21.7 Å². The van der Waals surface area contributed by atoms with E-state index in [9.17, 15) is 57.8 Å². The maximum absolute atomic E-state index is 16.5. The van der Waals surface area contributed by atoms with Crippen LogP contribution in [0.3, 0.4) is 0 Å². The van der Waals surface area contributed by atoms with Gasteiger partial charge in [0.1, 0.15) is 48.6 Å². The highest BCUT2D eigenvalue weighted by molar-refractivity contribution is 8.77. The Morgan fingerprint density at radius 2 is 1.21 bits per heavy atom. The summed E-state index contributed by atoms with van der Waals surface area (Å²) in [6.07, 6.45) is -2.88. The third-order valence-corrected chi connectivity index (χ3v) is 27.2. The molecular formula is C93H135N17O19S2. The Kier molecular flexibility index (Phi) is 43.2. The number of fused-ring (bicyclic) bond motifs is 2. The number of carbonyl (C=O) groups excluding carboxylic acids is 17. The lowest BCUT2D eigenvalue weighted by atomic mass is 9.77. The first-order chi connectivity index (χ1) is 61.8. The predicted octanol–water partition coefficient (Wildman–Crippen LogP) is 2.89. The Balaban J connectivity index is 1.55. The highest BCUT2D eigenvalue weighted by atomic mass is 33.1. The van der Waals surface area contributed by atoms with Crippen molar-refractivity contribution in [1.29, 1.82) is 0 Å². The van der Waals surface area contributed by atoms with Crippen LogP contribution in [0.1, 0.15) is 195 Å². The second-order valence-electron chi connectivity index (χ2n) is 35.7. The fourth-order valence-corrected chi connectivity index (χ4v) is 18.4. The smallest absolute Gasteiger partial charge is 0.245 e. The molecule has 38 heteroatoms. The van der Waals surface area contributed by atoms with Crippen LogP contribution in [-0.2, 0) is 101 Å². The van der Waals surface area contributed by atoms with Gasteiger partial charge in [0, 0.05) is 98.1 Å². The van der Waals surface area contributed by atoms with Crippen molar-refractivity contribution in [3.8, 4) is 5.75 Å². The number of aromatic nitrogens is 1. The lowest BCUT2D eigenvalue weighted by Gasteiger charge is -2.39. The van der Waals surface area contributed by atoms with E-state index in [0.29, 0.717) is 46.2 Å². The Morgan fingerprint density at radius 3 is 1.85 bits per heavy atom. The topological polar surface area (TPSA) is 598 Å². The van der Waals surface area contributed by atoms with Gasteiger partial charge in [0.25, 0.3) is 0 Å². The summed E-state index contributed by atoms with van der Waals surface area (Å²) >= 11 is 0. The third-order valence-electron chi connectivity index (χ3n) is 22.9. The minimum Gasteiger partial charge on any atom is -0.492 e. The van der Waals surface area contributed by atoms with E-state index in [-0.39, 0.29) is 128 Å². The van der Waals surface area contributed by atoms with Crippen molar-refractivity contribution < 1.29 is 91.4 Å². The molecule has 718 valence electrons. The SMILES string of the molecule is CC(=O)NCCCC[C@H](NC(=O)[C@](C)(CCCCN)CC(=O)[C@H](Cc1ccc2ccccc2c1)NC(=O)[C@@H](CC(=O)[C@H]1NC(=O)[C@H](CCCCNC(=O)CN)NC(=O)[C@H](Cc2c[nH]c3c(C)cccc23)NC(=O)[C@H]([C@@H](C)O)NC(=O)[C@H](CC(N)=O)NC(=O)[C@@H](NC(C)=O)C(C)(C)SSC1(C)C)Cc1ccc(OCCN)cc1)C(=O)C[C@@H](CC(N)=O)C(=O)N[C@H](CC(C)C)C(C)=O. The molecule has 23 N–H and O–H groups in total. The third kappa shape index (κ3) is 34.8. The number of hydrogen-bond acceptors (Lipinski definition) is 24. The average molecular weight is 1860 g/mol. The van der Waals surface area contributed by atoms with Crippen molar-refractivity contribution in [3.63, 3.8) is 0 Å². The van der Waals surface area contributed by atoms with Crippen LogP contribution in [0.2, 0.25) is 0 Å². The summed E-state index contributed by atoms with van der Waals surface area (Å²) in [5.74, 6) is -16.4. The number of aryl methyl sites for hydroxylation is 1. The van der Waals surface area contributed by atoms with Gasteiger partial charge in [0.05, 0.1) is 48.5 Å². The predicted molar refractivity (Wildman–Crippen MR) is 500 cm³/mol. The number of amides is 13. The molecule has 1 saturated heterocycles. The molecule has 1 aliphatic heterocycles. The molecule has 6 rings (SSSR count). The minimum atomic E-state index is -1.92. The number of aliphatic hydroxyl groups is 1. The lowest BCUT2D eigenvalue weighted by molar-refractivity contribution is -0.140. The number of ketones is 4. The quantitative estimate of drug-likeness (QED) is 0.0197. The van der Waals surface area contributed by atoms with Crippen LogP contribution < -0.4 is 91.9 Å². The zero-order chi connectivity index (χ0) is 97.2. The van der Waals surface area contributed by atoms with Crippen molar-refractivity contribution in [1.82, 2.24) is 63.5 Å². The molecule has 13 atom stereocenters. The molecule has 0 spiro atoms. The molecule has 0 bridgehead atoms. The first-order valence-corrected chi connectivity index (χ1v) is 46.7. The molecule has 131 heavy (non-hydrogen) atoms. The molecule has 4 aromatic carbocycles. The number of hydrogen-bond donors (Lipinski definition) is 18. The number of para-hydroxylation sites is 1. The average Bonchev–Trinajstić information content (AvgIpc) is 1.69. The van der Waals surface area contributed by atoms with Crippen LogP contribution >= 0.6 is 21.6 Å². The summed E-state index contributed by atoms with van der Waals surface area (Å²) in [4.78, 5) is 249. The molecule has 13 amide bonds. The van der Waals surface area contributed by atoms with Crippen LogP contribution in [-0.4, -0.2) is 219 Å². The van der Waals surface area contributed by atoms with Gasteiger partial charge in [-0.15, -0.1) is 0 Å². The molecule has 0 saturated carbocycles. The van der Waals surface area contributed by atoms with Gasteiger partial charge >= 0.3 is 0 Å². The van der Waals surface area contributed by atoms with E-state index < -0.39 is 208 Å². The van der Waals surface area contributed by atoms with Crippen molar-refractivity contribution in [2.75, 3.05) is 39.3 Å². The summed E-state index contributed by atoms with van der Waals surface area (Å²) in [6.45, 7) is 18.6. The Morgan fingerprint density at radius 1 is 0.588 bits per heavy atom. The number of unbranched alkanes of at least 4 members (excludes halogenated alkanes) is 3. The number of Topliss-reactive ketones (excluding diaryl/α,β-unsaturated/α-hetero) is 4. The maximum Gasteiger partial charge on any atom is 0.245 e. The fraction of sp³-hybridized carbons (Fsp3) is 0.559. The van der Waals surface area contributed by atoms with E-state index in [1.54, 1.807) is 76.4 Å². The van der Waals surface area contributed by atoms with Gasteiger partial charge in [-0.05, 0) is 177 Å². The number of nitrogens with two attached hydrogens (primary N) is 5. The van der Waals surface area contributed by atoms with Gasteiger partial charge in [-0.2, -0.15) is 0 Å². The van der Waals surface area contributed by atoms with E-state index in [2.05, 4.69) is 63.5 Å². The molecule has 1 aliphatic rings. The summed E-state index contributed by atoms with van der Waals surface area (Å²) < 4.78 is 2.70. The van der Waals surface area contributed by atoms with Crippen molar-refractivity contribution in [2.45, 2.75) is 269 Å². The molecule has 2 heterocycles. The van der Waals surface area contributed by atoms with Gasteiger partial charge in [-0.1, -0.05) is 122 Å². The van der Waals surface area contributed by atoms with E-state index >= 15 is 28.8 Å². The van der Waals surface area contributed by atoms with Crippen molar-refractivity contribution in [3.05, 3.63) is 113 Å². The zero-order valence-electron chi connectivity index (χ0n) is 77.1. The first-order valence-electron chi connectivity index (χ1n) is 44.6. The van der Waals surface area contributed by atoms with E-state index in [1.165, 1.54) is 20.8 Å². The fourth-order valence-electron chi connectivity index (χ4n) is 15.6. The largest absolute Gasteiger partial charge is 0.492 e. The highest BCUT2D eigenvalue weighted by Crippen LogP contribution is 2.47. The van der Waals surface area contributed by atoms with Crippen molar-refractivity contribution in [2.24, 2.45) is 51.8 Å². The van der Waals surface area contributed by atoms with Crippen molar-refractivity contribution >= 4 is 143 Å². The molecule has 0 aliphatic carbocycles. The summed E-state index contributed by atoms with van der Waals surface area (Å²) in [5.41, 5.74) is 30.2. The monoisotopic (exact) mass is 1860 g/mol. The summed E-state index contributed by atoms with van der Waals surface area (Å²) in [5, 5.41) is 43.5. The summed E-state index contributed by atoms with van der Waals surface area (Å²) in [7, 11) is 1.90. The molecule has 36 nitrogen and oxygen atoms in total. The number of H-pyrrole nitrogens is 1. The van der Waals surface area contributed by atoms with Gasteiger partial charge in [-0.25, -0.2) is 0 Å². The Hall–Kier alpha value is -11.2. The number of aliphatic hydroxyl groups excluding tert-OH is 1. The standard InChI is InChI=1S/C93H135N17O19S2/c1-52(2)40-69(54(4)111)104-84(122)63(47-76(97)118)45-73(115)67(26-15-19-37-99-56(6)113)108-90(128)93(12,34-17-18-35-94)49-75(117)70(43-59-28-31-60-23-13-14-24-61(60)42-59)105-83(121)62(41-58-29-32-65(33-30-58)129-39-36-95)46-74(116)81-91(8,9)130-131-92(10,11)82(102-57(7)114)89(127)107-72(48-77(98)119)87(125)109-80(55(5)112)88(126)106-71(44-64-51-101-79-53(3)22-21-25-66(64)79)86(124)103-68(85(123)110-81)27-16-20-38-100-78(120)50-96/h13-14,21-25,28-33,42,51-52,55,62-63,67-72,80-82,101,112H,15-20,26-27,34-41,43-50,94-96H2,1-12H3,(H2,97,118)(H2,98,119)(H,99,113)(H,100,120)(H,102,114)(H,103,124)(H,104,122)(H,105,121)(H,106,126)(H,107,127)(H,108,128)(H,109,125)(H,110,123)/t55-,62-,63+,67+,68+,69-,70+,71+,72+,80+,81-,82-,93-/m1/s1. The molecule has 1 aromatic heterocycles. The number of aromatic amines is 1. The summed E-state index contributed by atoms with van der Waals surface area (Å²) in [6, 6.07) is 10.5. The van der Waals surface area contributed by atoms with Gasteiger partial charge < -0.3 is 102 Å². The highest BCUT2D eigenvalue weighted by Gasteiger charge is 2.47. The minimum absolute atomic E-state index is 0.0175. The second kappa shape index (κ2) is 52.2. The lowest BCUT2D eigenvalue weighted by Crippen LogP contribution is -2.63. The number of primary amides is 2. The van der Waals surface area contributed by atoms with E-state index in [1.807, 2.05) is 63.2 Å². The van der Waals surface area contributed by atoms with Gasteiger partial charge in [0.2, 0.25) is 76.8 Å². The van der Waals surface area contributed by atoms with Crippen LogP contribution in [0, 0.1) is 30.1 Å². The van der Waals surface area contributed by atoms with Gasteiger partial charge in [-0.3, -0.25) is 81.5 Å². The van der Waals surface area contributed by atoms with Gasteiger partial charge in [0.15, 0.2) is 23.1 Å². The number of benzene rings is 4. The first kappa shape index (κ1) is 109. The molecular weight excluding hydrogens is 1720 g/mol. The number of ether oxygens (including phenoxy) is 1. The second-order valence-corrected chi connectivity index (χ2v) is 39.1. The molecule has 5 aromatic rings. The normalized spacial score (nSPS) is 19.3. The van der Waals surface area contributed by atoms with Crippen LogP contribution in [0.4, 0.5) is 0 Å².